The lowest BCUT2D eigenvalue weighted by Crippen LogP contribution is -2.45. The fourth-order valence-electron chi connectivity index (χ4n) is 2.05. The van der Waals surface area contributed by atoms with Gasteiger partial charge in [0, 0.05) is 11.6 Å². The number of hydrogen-bond acceptors (Lipinski definition) is 3. The van der Waals surface area contributed by atoms with Crippen molar-refractivity contribution in [2.24, 2.45) is 0 Å². The van der Waals surface area contributed by atoms with Gasteiger partial charge in [-0.05, 0) is 43.9 Å². The van der Waals surface area contributed by atoms with E-state index >= 15 is 0 Å². The average Bonchev–Trinajstić information content (AvgIpc) is 2.58. The molecule has 1 heterocycles. The van der Waals surface area contributed by atoms with Gasteiger partial charge in [0.1, 0.15) is 6.04 Å². The van der Waals surface area contributed by atoms with Gasteiger partial charge in [-0.25, -0.2) is 8.42 Å². The molecule has 1 unspecified atom stereocenters. The molecule has 2 N–H and O–H groups in total. The highest BCUT2D eigenvalue weighted by Gasteiger charge is 2.26. The number of rotatable bonds is 3. The van der Waals surface area contributed by atoms with Crippen molar-refractivity contribution in [2.75, 3.05) is 6.54 Å². The van der Waals surface area contributed by atoms with Crippen LogP contribution < -0.4 is 10.0 Å². The van der Waals surface area contributed by atoms with Gasteiger partial charge in [-0.1, -0.05) is 17.7 Å². The molecule has 20 heavy (non-hydrogen) atoms. The summed E-state index contributed by atoms with van der Waals surface area (Å²) in [6.45, 7) is 2.39. The lowest BCUT2D eigenvalue weighted by Gasteiger charge is -2.15. The Bertz CT molecular complexity index is 616. The van der Waals surface area contributed by atoms with Crippen molar-refractivity contribution in [3.63, 3.8) is 0 Å². The van der Waals surface area contributed by atoms with E-state index in [0.29, 0.717) is 18.0 Å². The molecule has 1 aromatic rings. The standard InChI is InChI=1S/C13H17ClN2O3S/c1-9-5-6-10(8-11(9)14)20(18,19)16-12-4-2-3-7-15-13(12)17/h5-6,8,12,16H,2-4,7H2,1H3,(H,15,17). The van der Waals surface area contributed by atoms with E-state index in [2.05, 4.69) is 10.0 Å². The molecule has 1 amide bonds. The van der Waals surface area contributed by atoms with Crippen molar-refractivity contribution in [1.29, 1.82) is 0 Å². The molecule has 1 fully saturated rings. The zero-order valence-corrected chi connectivity index (χ0v) is 12.7. The Morgan fingerprint density at radius 2 is 2.10 bits per heavy atom. The number of benzene rings is 1. The second-order valence-electron chi connectivity index (χ2n) is 4.87. The molecule has 7 heteroatoms. The van der Waals surface area contributed by atoms with Crippen molar-refractivity contribution in [1.82, 2.24) is 10.0 Å². The minimum atomic E-state index is -3.74. The van der Waals surface area contributed by atoms with Crippen molar-refractivity contribution in [3.8, 4) is 0 Å². The van der Waals surface area contributed by atoms with Crippen LogP contribution in [-0.4, -0.2) is 26.9 Å². The first-order valence-electron chi connectivity index (χ1n) is 6.46. The Labute approximate surface area is 123 Å². The Morgan fingerprint density at radius 1 is 1.35 bits per heavy atom. The van der Waals surface area contributed by atoms with Gasteiger partial charge in [-0.2, -0.15) is 4.72 Å². The summed E-state index contributed by atoms with van der Waals surface area (Å²) in [5.41, 5.74) is 0.804. The molecule has 0 aromatic heterocycles. The third-order valence-electron chi connectivity index (χ3n) is 3.29. The number of amides is 1. The molecular formula is C13H17ClN2O3S. The number of halogens is 1. The summed E-state index contributed by atoms with van der Waals surface area (Å²) in [4.78, 5) is 11.9. The minimum Gasteiger partial charge on any atom is -0.355 e. The molecule has 0 saturated carbocycles. The van der Waals surface area contributed by atoms with Crippen LogP contribution >= 0.6 is 11.6 Å². The molecule has 1 aliphatic rings. The largest absolute Gasteiger partial charge is 0.355 e. The highest BCUT2D eigenvalue weighted by atomic mass is 35.5. The molecule has 1 saturated heterocycles. The highest BCUT2D eigenvalue weighted by Crippen LogP contribution is 2.20. The smallest absolute Gasteiger partial charge is 0.241 e. The van der Waals surface area contributed by atoms with Gasteiger partial charge in [0.15, 0.2) is 0 Å². The van der Waals surface area contributed by atoms with Crippen molar-refractivity contribution >= 4 is 27.5 Å². The maximum absolute atomic E-state index is 12.3. The Hall–Kier alpha value is -1.11. The SMILES string of the molecule is Cc1ccc(S(=O)(=O)NC2CCCCNC2=O)cc1Cl. The van der Waals surface area contributed by atoms with Gasteiger partial charge in [0.05, 0.1) is 4.90 Å². The topological polar surface area (TPSA) is 75.3 Å². The van der Waals surface area contributed by atoms with Crippen LogP contribution in [0.1, 0.15) is 24.8 Å². The maximum Gasteiger partial charge on any atom is 0.241 e. The summed E-state index contributed by atoms with van der Waals surface area (Å²) in [5.74, 6) is -0.274. The normalized spacial score (nSPS) is 20.3. The molecule has 110 valence electrons. The summed E-state index contributed by atoms with van der Waals surface area (Å²) >= 11 is 5.95. The van der Waals surface area contributed by atoms with Crippen LogP contribution in [0.25, 0.3) is 0 Å². The van der Waals surface area contributed by atoms with Gasteiger partial charge in [0.25, 0.3) is 0 Å². The predicted octanol–water partition coefficient (Wildman–Crippen LogP) is 1.60. The average molecular weight is 317 g/mol. The van der Waals surface area contributed by atoms with Crippen molar-refractivity contribution < 1.29 is 13.2 Å². The Kier molecular flexibility index (Phi) is 4.67. The molecule has 0 aliphatic carbocycles. The predicted molar refractivity (Wildman–Crippen MR) is 77.2 cm³/mol. The van der Waals surface area contributed by atoms with Crippen LogP contribution in [0, 0.1) is 6.92 Å². The highest BCUT2D eigenvalue weighted by molar-refractivity contribution is 7.89. The Morgan fingerprint density at radius 3 is 2.80 bits per heavy atom. The van der Waals surface area contributed by atoms with Crippen LogP contribution in [0.15, 0.2) is 23.1 Å². The first-order valence-corrected chi connectivity index (χ1v) is 8.32. The van der Waals surface area contributed by atoms with E-state index in [4.69, 9.17) is 11.6 Å². The quantitative estimate of drug-likeness (QED) is 0.889. The van der Waals surface area contributed by atoms with Gasteiger partial charge in [0.2, 0.25) is 15.9 Å². The van der Waals surface area contributed by atoms with E-state index in [0.717, 1.165) is 18.4 Å². The number of nitrogens with one attached hydrogen (secondary N) is 2. The molecule has 0 spiro atoms. The zero-order chi connectivity index (χ0) is 14.8. The summed E-state index contributed by atoms with van der Waals surface area (Å²) < 4.78 is 27.0. The monoisotopic (exact) mass is 316 g/mol. The van der Waals surface area contributed by atoms with Crippen LogP contribution in [0.5, 0.6) is 0 Å². The molecule has 2 rings (SSSR count). The number of sulfonamides is 1. The molecular weight excluding hydrogens is 300 g/mol. The second-order valence-corrected chi connectivity index (χ2v) is 6.99. The summed E-state index contributed by atoms with van der Waals surface area (Å²) in [7, 11) is -3.74. The van der Waals surface area contributed by atoms with E-state index in [-0.39, 0.29) is 10.8 Å². The first-order chi connectivity index (χ1) is 9.40. The van der Waals surface area contributed by atoms with Crippen molar-refractivity contribution in [2.45, 2.75) is 37.1 Å². The molecule has 1 aromatic carbocycles. The summed E-state index contributed by atoms with van der Waals surface area (Å²) in [5, 5.41) is 3.08. The lowest BCUT2D eigenvalue weighted by atomic mass is 10.1. The minimum absolute atomic E-state index is 0.0742. The van der Waals surface area contributed by atoms with E-state index in [1.54, 1.807) is 13.0 Å². The van der Waals surface area contributed by atoms with E-state index in [9.17, 15) is 13.2 Å². The number of carbonyl (C=O) groups excluding carboxylic acids is 1. The van der Waals surface area contributed by atoms with E-state index < -0.39 is 16.1 Å². The molecule has 5 nitrogen and oxygen atoms in total. The van der Waals surface area contributed by atoms with Gasteiger partial charge in [-0.3, -0.25) is 4.79 Å². The van der Waals surface area contributed by atoms with Gasteiger partial charge < -0.3 is 5.32 Å². The van der Waals surface area contributed by atoms with Crippen LogP contribution in [-0.2, 0) is 14.8 Å². The number of hydrogen-bond donors (Lipinski definition) is 2. The Balaban J connectivity index is 2.21. The fraction of sp³-hybridized carbons (Fsp3) is 0.462. The van der Waals surface area contributed by atoms with Gasteiger partial charge in [-0.15, -0.1) is 0 Å². The lowest BCUT2D eigenvalue weighted by molar-refractivity contribution is -0.122. The van der Waals surface area contributed by atoms with Crippen LogP contribution in [0.4, 0.5) is 0 Å². The first kappa shape index (κ1) is 15.3. The fourth-order valence-corrected chi connectivity index (χ4v) is 3.55. The maximum atomic E-state index is 12.3. The summed E-state index contributed by atoms with van der Waals surface area (Å²) in [6, 6.07) is 3.80. The summed E-state index contributed by atoms with van der Waals surface area (Å²) in [6.07, 6.45) is 2.17. The molecule has 0 radical (unpaired) electrons. The third kappa shape index (κ3) is 3.50. The third-order valence-corrected chi connectivity index (χ3v) is 5.16. The molecule has 0 bridgehead atoms. The second kappa shape index (κ2) is 6.11. The van der Waals surface area contributed by atoms with E-state index in [1.807, 2.05) is 0 Å². The zero-order valence-electron chi connectivity index (χ0n) is 11.1. The number of aryl methyl sites for hydroxylation is 1. The number of carbonyl (C=O) groups is 1. The van der Waals surface area contributed by atoms with Crippen LogP contribution in [0.3, 0.4) is 0 Å². The van der Waals surface area contributed by atoms with Crippen LogP contribution in [0.2, 0.25) is 5.02 Å². The van der Waals surface area contributed by atoms with Crippen molar-refractivity contribution in [3.05, 3.63) is 28.8 Å². The van der Waals surface area contributed by atoms with E-state index in [1.165, 1.54) is 12.1 Å². The van der Waals surface area contributed by atoms with Gasteiger partial charge >= 0.3 is 0 Å². The molecule has 1 atom stereocenters. The molecule has 1 aliphatic heterocycles.